The predicted octanol–water partition coefficient (Wildman–Crippen LogP) is 0.642. The number of carbonyl (C=O) groups excluding carboxylic acids is 3. The second kappa shape index (κ2) is 6.81. The van der Waals surface area contributed by atoms with Crippen LogP contribution in [0.15, 0.2) is 0 Å². The van der Waals surface area contributed by atoms with E-state index in [0.29, 0.717) is 0 Å². The summed E-state index contributed by atoms with van der Waals surface area (Å²) in [6.07, 6.45) is -1.43. The van der Waals surface area contributed by atoms with Gasteiger partial charge in [0.2, 0.25) is 0 Å². The molecule has 1 amide bonds. The highest BCUT2D eigenvalue weighted by Gasteiger charge is 2.26. The van der Waals surface area contributed by atoms with Crippen LogP contribution in [0.5, 0.6) is 0 Å². The van der Waals surface area contributed by atoms with Gasteiger partial charge in [-0.1, -0.05) is 0 Å². The number of alkyl carbamates (subject to hydrolysis) is 1. The zero-order valence-corrected chi connectivity index (χ0v) is 9.90. The maximum atomic E-state index is 11.2. The maximum absolute atomic E-state index is 11.2. The molecule has 2 atom stereocenters. The third-order valence-electron chi connectivity index (χ3n) is 1.81. The Morgan fingerprint density at radius 3 is 2.19 bits per heavy atom. The summed E-state index contributed by atoms with van der Waals surface area (Å²) in [6.45, 7) is 5.92. The van der Waals surface area contributed by atoms with Gasteiger partial charge in [-0.25, -0.2) is 4.79 Å². The lowest BCUT2D eigenvalue weighted by atomic mass is 10.1. The summed E-state index contributed by atoms with van der Waals surface area (Å²) in [4.78, 5) is 33.1. The Hall–Kier alpha value is -1.59. The molecule has 6 nitrogen and oxygen atoms in total. The fraction of sp³-hybridized carbons (Fsp3) is 0.700. The van der Waals surface area contributed by atoms with Crippen molar-refractivity contribution in [1.82, 2.24) is 5.32 Å². The first-order valence-corrected chi connectivity index (χ1v) is 4.99. The lowest BCUT2D eigenvalue weighted by Gasteiger charge is -2.21. The molecule has 0 aliphatic rings. The van der Waals surface area contributed by atoms with Crippen molar-refractivity contribution in [2.75, 3.05) is 6.61 Å². The van der Waals surface area contributed by atoms with Gasteiger partial charge in [-0.05, 0) is 20.8 Å². The van der Waals surface area contributed by atoms with E-state index in [1.165, 1.54) is 20.8 Å². The highest BCUT2D eigenvalue weighted by Crippen LogP contribution is 2.01. The molecule has 0 saturated heterocycles. The van der Waals surface area contributed by atoms with E-state index in [-0.39, 0.29) is 12.4 Å². The van der Waals surface area contributed by atoms with Gasteiger partial charge >= 0.3 is 12.1 Å². The second-order valence-electron chi connectivity index (χ2n) is 3.27. The van der Waals surface area contributed by atoms with Crippen LogP contribution in [0, 0.1) is 0 Å². The molecule has 0 aromatic rings. The minimum Gasteiger partial charge on any atom is -0.460 e. The third kappa shape index (κ3) is 5.33. The number of ether oxygens (including phenoxy) is 2. The monoisotopic (exact) mass is 231 g/mol. The van der Waals surface area contributed by atoms with E-state index in [4.69, 9.17) is 4.74 Å². The number of hydrogen-bond donors (Lipinski definition) is 1. The number of Topliss-reactive ketones (excluding diaryl/α,β-unsaturated/α-hetero) is 1. The van der Waals surface area contributed by atoms with Crippen LogP contribution in [-0.4, -0.2) is 36.6 Å². The largest absolute Gasteiger partial charge is 0.460 e. The molecular formula is C10H17NO5. The molecule has 0 aliphatic carbocycles. The molecule has 0 bridgehead atoms. The van der Waals surface area contributed by atoms with Gasteiger partial charge in [-0.3, -0.25) is 9.59 Å². The molecule has 0 rings (SSSR count). The molecule has 0 spiro atoms. The van der Waals surface area contributed by atoms with Crippen molar-refractivity contribution in [3.05, 3.63) is 0 Å². The summed E-state index contributed by atoms with van der Waals surface area (Å²) in [5.74, 6) is -0.814. The van der Waals surface area contributed by atoms with E-state index in [2.05, 4.69) is 10.1 Å². The minimum absolute atomic E-state index is 0.207. The van der Waals surface area contributed by atoms with Crippen LogP contribution < -0.4 is 5.32 Å². The standard InChI is InChI=1S/C10H17NO5/c1-5-15-10(14)11-9(6(2)12)7(3)16-8(4)13/h7,9H,5H2,1-4H3,(H,11,14). The van der Waals surface area contributed by atoms with E-state index in [1.54, 1.807) is 6.92 Å². The van der Waals surface area contributed by atoms with Gasteiger partial charge in [0, 0.05) is 6.92 Å². The molecule has 0 aromatic carbocycles. The zero-order chi connectivity index (χ0) is 12.7. The van der Waals surface area contributed by atoms with Crippen molar-refractivity contribution in [2.45, 2.75) is 39.8 Å². The quantitative estimate of drug-likeness (QED) is 0.702. The Balaban J connectivity index is 4.43. The molecule has 92 valence electrons. The minimum atomic E-state index is -0.886. The van der Waals surface area contributed by atoms with Crippen molar-refractivity contribution in [1.29, 1.82) is 0 Å². The first-order valence-electron chi connectivity index (χ1n) is 4.99. The Morgan fingerprint density at radius 2 is 1.81 bits per heavy atom. The first kappa shape index (κ1) is 14.4. The molecule has 0 aliphatic heterocycles. The molecule has 0 fully saturated rings. The molecule has 1 N–H and O–H groups in total. The first-order chi connectivity index (χ1) is 7.38. The van der Waals surface area contributed by atoms with Crippen LogP contribution >= 0.6 is 0 Å². The molecule has 16 heavy (non-hydrogen) atoms. The SMILES string of the molecule is CCOC(=O)NC(C(C)=O)C(C)OC(C)=O. The van der Waals surface area contributed by atoms with Crippen LogP contribution in [0.1, 0.15) is 27.7 Å². The summed E-state index contributed by atoms with van der Waals surface area (Å²) >= 11 is 0. The Morgan fingerprint density at radius 1 is 1.25 bits per heavy atom. The fourth-order valence-electron chi connectivity index (χ4n) is 1.18. The number of hydrogen-bond acceptors (Lipinski definition) is 5. The van der Waals surface area contributed by atoms with Gasteiger partial charge in [-0.2, -0.15) is 0 Å². The van der Waals surface area contributed by atoms with Gasteiger partial charge in [0.1, 0.15) is 12.1 Å². The Labute approximate surface area is 94.3 Å². The molecule has 6 heteroatoms. The number of amides is 1. The van der Waals surface area contributed by atoms with Crippen molar-refractivity contribution in [2.24, 2.45) is 0 Å². The van der Waals surface area contributed by atoms with Crippen LogP contribution in [0.25, 0.3) is 0 Å². The summed E-state index contributed by atoms with van der Waals surface area (Å²) in [6, 6.07) is -0.886. The lowest BCUT2D eigenvalue weighted by molar-refractivity contribution is -0.147. The average Bonchev–Trinajstić information content (AvgIpc) is 2.12. The second-order valence-corrected chi connectivity index (χ2v) is 3.27. The summed E-state index contributed by atoms with van der Waals surface area (Å²) < 4.78 is 9.46. The highest BCUT2D eigenvalue weighted by atomic mass is 16.6. The smallest absolute Gasteiger partial charge is 0.407 e. The Kier molecular flexibility index (Phi) is 6.14. The molecular weight excluding hydrogens is 214 g/mol. The highest BCUT2D eigenvalue weighted by molar-refractivity contribution is 5.86. The maximum Gasteiger partial charge on any atom is 0.407 e. The topological polar surface area (TPSA) is 81.7 Å². The van der Waals surface area contributed by atoms with Crippen molar-refractivity contribution in [3.63, 3.8) is 0 Å². The summed E-state index contributed by atoms with van der Waals surface area (Å²) in [5, 5.41) is 2.33. The normalized spacial score (nSPS) is 13.5. The Bertz CT molecular complexity index is 276. The number of esters is 1. The van der Waals surface area contributed by atoms with Gasteiger partial charge < -0.3 is 14.8 Å². The predicted molar refractivity (Wildman–Crippen MR) is 55.9 cm³/mol. The number of ketones is 1. The zero-order valence-electron chi connectivity index (χ0n) is 9.90. The van der Waals surface area contributed by atoms with Crippen LogP contribution in [0.4, 0.5) is 4.79 Å². The molecule has 2 unspecified atom stereocenters. The number of nitrogens with one attached hydrogen (secondary N) is 1. The van der Waals surface area contributed by atoms with Crippen molar-refractivity contribution in [3.8, 4) is 0 Å². The molecule has 0 radical (unpaired) electrons. The van der Waals surface area contributed by atoms with Crippen LogP contribution in [0.2, 0.25) is 0 Å². The molecule has 0 heterocycles. The summed E-state index contributed by atoms with van der Waals surface area (Å²) in [5.41, 5.74) is 0. The van der Waals surface area contributed by atoms with E-state index in [9.17, 15) is 14.4 Å². The van der Waals surface area contributed by atoms with E-state index >= 15 is 0 Å². The van der Waals surface area contributed by atoms with Gasteiger partial charge in [-0.15, -0.1) is 0 Å². The van der Waals surface area contributed by atoms with E-state index < -0.39 is 24.2 Å². The number of rotatable bonds is 5. The van der Waals surface area contributed by atoms with Gasteiger partial charge in [0.05, 0.1) is 6.61 Å². The van der Waals surface area contributed by atoms with Crippen LogP contribution in [-0.2, 0) is 19.1 Å². The molecule has 0 aromatic heterocycles. The van der Waals surface area contributed by atoms with Crippen molar-refractivity contribution >= 4 is 17.8 Å². The van der Waals surface area contributed by atoms with Crippen molar-refractivity contribution < 1.29 is 23.9 Å². The molecule has 0 saturated carbocycles. The van der Waals surface area contributed by atoms with Crippen LogP contribution in [0.3, 0.4) is 0 Å². The van der Waals surface area contributed by atoms with E-state index in [1.807, 2.05) is 0 Å². The fourth-order valence-corrected chi connectivity index (χ4v) is 1.18. The third-order valence-corrected chi connectivity index (χ3v) is 1.81. The lowest BCUT2D eigenvalue weighted by Crippen LogP contribution is -2.48. The van der Waals surface area contributed by atoms with E-state index in [0.717, 1.165) is 0 Å². The average molecular weight is 231 g/mol. The summed E-state index contributed by atoms with van der Waals surface area (Å²) in [7, 11) is 0. The van der Waals surface area contributed by atoms with Gasteiger partial charge in [0.15, 0.2) is 5.78 Å². The van der Waals surface area contributed by atoms with Gasteiger partial charge in [0.25, 0.3) is 0 Å². The number of carbonyl (C=O) groups is 3.